The summed E-state index contributed by atoms with van der Waals surface area (Å²) in [5.41, 5.74) is 0. The highest BCUT2D eigenvalue weighted by Crippen LogP contribution is 2.18. The smallest absolute Gasteiger partial charge is 0.442 e. The van der Waals surface area contributed by atoms with Gasteiger partial charge in [-0.1, -0.05) is 17.7 Å². The maximum absolute atomic E-state index is 10.7. The lowest BCUT2D eigenvalue weighted by Gasteiger charge is -2.18. The minimum atomic E-state index is -2.52. The Hall–Kier alpha value is -0.363. The molecule has 0 bridgehead atoms. The van der Waals surface area contributed by atoms with Crippen LogP contribution in [0.4, 0.5) is 0 Å². The molecular weight excluding hydrogens is 224 g/mol. The van der Waals surface area contributed by atoms with Gasteiger partial charge in [0.05, 0.1) is 6.61 Å². The number of hydrogen-bond acceptors (Lipinski definition) is 4. The third kappa shape index (κ3) is 5.38. The van der Waals surface area contributed by atoms with Crippen molar-refractivity contribution in [1.29, 1.82) is 0 Å². The molecule has 0 aromatic carbocycles. The molecule has 0 aromatic rings. The molecule has 0 amide bonds. The van der Waals surface area contributed by atoms with Crippen LogP contribution >= 0.6 is 11.1 Å². The van der Waals surface area contributed by atoms with Crippen molar-refractivity contribution < 1.29 is 18.4 Å². The molecule has 0 unspecified atom stereocenters. The average molecular weight is 239 g/mol. The molecule has 0 N–H and O–H groups in total. The van der Waals surface area contributed by atoms with Gasteiger partial charge < -0.3 is 13.6 Å². The second kappa shape index (κ2) is 7.00. The summed E-state index contributed by atoms with van der Waals surface area (Å²) in [6.45, 7) is 3.58. The lowest BCUT2D eigenvalue weighted by Crippen LogP contribution is -2.33. The molecule has 4 nitrogen and oxygen atoms in total. The minimum absolute atomic E-state index is 0.305. The summed E-state index contributed by atoms with van der Waals surface area (Å²) in [6, 6.07) is 0.575. The van der Waals surface area contributed by atoms with Crippen LogP contribution in [0.25, 0.3) is 0 Å². The number of carbonyl (C=O) groups is 1. The molecule has 0 aliphatic heterocycles. The van der Waals surface area contributed by atoms with Gasteiger partial charge in [-0.15, -0.1) is 0 Å². The van der Waals surface area contributed by atoms with E-state index >= 15 is 0 Å². The predicted octanol–water partition coefficient (Wildman–Crippen LogP) is 1.58. The fraction of sp³-hybridized carbons (Fsp3) is 0.625. The molecule has 82 valence electrons. The van der Waals surface area contributed by atoms with Gasteiger partial charge in [-0.2, -0.15) is 0 Å². The Bertz CT molecular complexity index is 194. The normalized spacial score (nSPS) is 11.1. The van der Waals surface area contributed by atoms with Crippen LogP contribution in [0.5, 0.6) is 0 Å². The van der Waals surface area contributed by atoms with Crippen LogP contribution in [0.15, 0.2) is 12.7 Å². The summed E-state index contributed by atoms with van der Waals surface area (Å²) in [7, 11) is 0.500. The van der Waals surface area contributed by atoms with Crippen LogP contribution in [-0.2, 0) is 18.4 Å². The molecule has 0 saturated heterocycles. The van der Waals surface area contributed by atoms with Crippen LogP contribution in [0, 0.1) is 0 Å². The maximum Gasteiger partial charge on any atom is 0.442 e. The van der Waals surface area contributed by atoms with E-state index in [1.165, 1.54) is 14.2 Å². The molecule has 0 spiro atoms. The molecule has 0 aromatic heterocycles. The third-order valence-corrected chi connectivity index (χ3v) is 5.30. The van der Waals surface area contributed by atoms with Crippen LogP contribution in [0.3, 0.4) is 0 Å². The average Bonchev–Trinajstić information content (AvgIpc) is 2.23. The number of rotatable bonds is 7. The van der Waals surface area contributed by atoms with E-state index in [0.29, 0.717) is 19.1 Å². The van der Waals surface area contributed by atoms with E-state index in [9.17, 15) is 4.79 Å². The summed E-state index contributed by atoms with van der Waals surface area (Å²) in [5, 5.41) is 0. The predicted molar refractivity (Wildman–Crippen MR) is 56.2 cm³/mol. The summed E-state index contributed by atoms with van der Waals surface area (Å²) in [5.74, 6) is -0.429. The Morgan fingerprint density at radius 2 is 2.07 bits per heavy atom. The van der Waals surface area contributed by atoms with Crippen molar-refractivity contribution in [3.05, 3.63) is 12.7 Å². The van der Waals surface area contributed by atoms with Crippen molar-refractivity contribution in [3.63, 3.8) is 0 Å². The standard InChI is InChI=1S/C8H15ClO4Si/c1-4-8(10)13-6-5-7-14(9,11-2)12-3/h4H,1,5-7H2,2-3H3. The summed E-state index contributed by atoms with van der Waals surface area (Å²) in [4.78, 5) is 10.7. The van der Waals surface area contributed by atoms with Crippen molar-refractivity contribution in [3.8, 4) is 0 Å². The van der Waals surface area contributed by atoms with E-state index in [1.807, 2.05) is 0 Å². The monoisotopic (exact) mass is 238 g/mol. The minimum Gasteiger partial charge on any atom is -0.463 e. The Kier molecular flexibility index (Phi) is 6.82. The lowest BCUT2D eigenvalue weighted by atomic mass is 10.5. The molecule has 0 rings (SSSR count). The van der Waals surface area contributed by atoms with Crippen molar-refractivity contribution in [2.24, 2.45) is 0 Å². The van der Waals surface area contributed by atoms with Crippen LogP contribution in [-0.4, -0.2) is 34.7 Å². The SMILES string of the molecule is C=CC(=O)OCCC[Si](Cl)(OC)OC. The van der Waals surface area contributed by atoms with E-state index < -0.39 is 13.8 Å². The fourth-order valence-corrected chi connectivity index (χ4v) is 2.34. The molecule has 0 saturated carbocycles. The van der Waals surface area contributed by atoms with Crippen molar-refractivity contribution in [2.45, 2.75) is 12.5 Å². The van der Waals surface area contributed by atoms with Gasteiger partial charge in [0, 0.05) is 26.3 Å². The Morgan fingerprint density at radius 1 is 1.50 bits per heavy atom. The first-order valence-electron chi connectivity index (χ1n) is 4.16. The fourth-order valence-electron chi connectivity index (χ4n) is 0.802. The van der Waals surface area contributed by atoms with E-state index in [0.717, 1.165) is 6.08 Å². The maximum atomic E-state index is 10.7. The van der Waals surface area contributed by atoms with Gasteiger partial charge in [-0.05, 0) is 6.42 Å². The van der Waals surface area contributed by atoms with E-state index in [1.54, 1.807) is 0 Å². The molecule has 0 fully saturated rings. The first-order chi connectivity index (χ1) is 6.58. The molecule has 0 aliphatic rings. The Balaban J connectivity index is 3.62. The zero-order valence-corrected chi connectivity index (χ0v) is 10.2. The van der Waals surface area contributed by atoms with E-state index in [4.69, 9.17) is 24.7 Å². The summed E-state index contributed by atoms with van der Waals surface area (Å²) in [6.07, 6.45) is 1.75. The number of halogens is 1. The van der Waals surface area contributed by atoms with Gasteiger partial charge in [0.1, 0.15) is 0 Å². The number of carbonyl (C=O) groups excluding carboxylic acids is 1. The third-order valence-electron chi connectivity index (χ3n) is 1.64. The van der Waals surface area contributed by atoms with E-state index in [-0.39, 0.29) is 0 Å². The molecule has 0 heterocycles. The van der Waals surface area contributed by atoms with Crippen molar-refractivity contribution in [1.82, 2.24) is 0 Å². The van der Waals surface area contributed by atoms with Crippen LogP contribution in [0.2, 0.25) is 6.04 Å². The van der Waals surface area contributed by atoms with Crippen LogP contribution < -0.4 is 0 Å². The number of ether oxygens (including phenoxy) is 1. The zero-order chi connectivity index (χ0) is 11.0. The molecule has 14 heavy (non-hydrogen) atoms. The first kappa shape index (κ1) is 13.6. The molecule has 0 aliphatic carbocycles. The van der Waals surface area contributed by atoms with Gasteiger partial charge in [-0.25, -0.2) is 4.79 Å². The van der Waals surface area contributed by atoms with Crippen LogP contribution in [0.1, 0.15) is 6.42 Å². The second-order valence-electron chi connectivity index (χ2n) is 2.54. The summed E-state index contributed by atoms with van der Waals surface area (Å²) < 4.78 is 14.9. The Labute approximate surface area is 89.7 Å². The largest absolute Gasteiger partial charge is 0.463 e. The molecule has 6 heteroatoms. The zero-order valence-electron chi connectivity index (χ0n) is 8.42. The number of hydrogen-bond donors (Lipinski definition) is 0. The second-order valence-corrected chi connectivity index (χ2v) is 6.91. The topological polar surface area (TPSA) is 44.8 Å². The highest BCUT2D eigenvalue weighted by molar-refractivity contribution is 7.12. The lowest BCUT2D eigenvalue weighted by molar-refractivity contribution is -0.137. The quantitative estimate of drug-likeness (QED) is 0.222. The van der Waals surface area contributed by atoms with Gasteiger partial charge in [-0.3, -0.25) is 0 Å². The van der Waals surface area contributed by atoms with Crippen molar-refractivity contribution in [2.75, 3.05) is 20.8 Å². The summed E-state index contributed by atoms with van der Waals surface area (Å²) >= 11 is 5.99. The van der Waals surface area contributed by atoms with Gasteiger partial charge in [0.15, 0.2) is 0 Å². The molecule has 0 radical (unpaired) electrons. The Morgan fingerprint density at radius 3 is 2.50 bits per heavy atom. The van der Waals surface area contributed by atoms with Gasteiger partial charge >= 0.3 is 13.8 Å². The highest BCUT2D eigenvalue weighted by Gasteiger charge is 2.32. The molecule has 0 atom stereocenters. The number of esters is 1. The van der Waals surface area contributed by atoms with Gasteiger partial charge in [0.2, 0.25) is 0 Å². The van der Waals surface area contributed by atoms with Gasteiger partial charge in [0.25, 0.3) is 0 Å². The highest BCUT2D eigenvalue weighted by atomic mass is 35.6. The van der Waals surface area contributed by atoms with E-state index in [2.05, 4.69) is 6.58 Å². The van der Waals surface area contributed by atoms with Crippen molar-refractivity contribution >= 4 is 24.9 Å². The first-order valence-corrected chi connectivity index (χ1v) is 7.20. The molecular formula is C8H15ClO4Si.